The molecule has 3 rings (SSSR count). The van der Waals surface area contributed by atoms with Crippen LogP contribution in [0.1, 0.15) is 49.2 Å². The first-order valence-electron chi connectivity index (χ1n) is 11.1. The van der Waals surface area contributed by atoms with Crippen LogP contribution < -0.4 is 14.8 Å². The Labute approximate surface area is 180 Å². The molecule has 166 valence electrons. The molecule has 1 atom stereocenters. The van der Waals surface area contributed by atoms with E-state index in [1.54, 1.807) is 7.11 Å². The summed E-state index contributed by atoms with van der Waals surface area (Å²) in [6.45, 7) is 6.39. The van der Waals surface area contributed by atoms with Gasteiger partial charge in [0.05, 0.1) is 13.7 Å². The Hall–Kier alpha value is -2.02. The zero-order chi connectivity index (χ0) is 21.2. The third-order valence-corrected chi connectivity index (χ3v) is 5.50. The predicted molar refractivity (Wildman–Crippen MR) is 118 cm³/mol. The Balaban J connectivity index is 1.45. The first kappa shape index (κ1) is 22.7. The number of aryl methyl sites for hydroxylation is 1. The number of aliphatic hydroxyl groups excluding tert-OH is 1. The van der Waals surface area contributed by atoms with Gasteiger partial charge in [-0.15, -0.1) is 0 Å². The Morgan fingerprint density at radius 2 is 1.80 bits per heavy atom. The fourth-order valence-electron chi connectivity index (χ4n) is 3.88. The summed E-state index contributed by atoms with van der Waals surface area (Å²) in [6, 6.07) is 9.85. The molecule has 2 aromatic rings. The molecule has 6 heteroatoms. The smallest absolute Gasteiger partial charge is 0.161 e. The maximum atomic E-state index is 10.4. The number of furan rings is 1. The van der Waals surface area contributed by atoms with Crippen LogP contribution in [0.4, 0.5) is 0 Å². The van der Waals surface area contributed by atoms with Gasteiger partial charge in [0, 0.05) is 13.1 Å². The Morgan fingerprint density at radius 1 is 1.03 bits per heavy atom. The summed E-state index contributed by atoms with van der Waals surface area (Å²) >= 11 is 0. The summed E-state index contributed by atoms with van der Waals surface area (Å²) in [5, 5.41) is 13.8. The number of likely N-dealkylation sites (tertiary alicyclic amines) is 1. The summed E-state index contributed by atoms with van der Waals surface area (Å²) in [4.78, 5) is 2.36. The lowest BCUT2D eigenvalue weighted by atomic mass is 10.1. The minimum Gasteiger partial charge on any atom is -0.493 e. The van der Waals surface area contributed by atoms with E-state index in [2.05, 4.69) is 10.2 Å². The summed E-state index contributed by atoms with van der Waals surface area (Å²) < 4.78 is 17.0. The number of β-amino-alcohol motifs (C(OH)–C–C–N with tert-alkyl or cyclic N) is 1. The minimum atomic E-state index is -0.507. The van der Waals surface area contributed by atoms with Crippen molar-refractivity contribution in [1.29, 1.82) is 0 Å². The molecule has 6 nitrogen and oxygen atoms in total. The topological polar surface area (TPSA) is 67.1 Å². The van der Waals surface area contributed by atoms with Crippen LogP contribution in [0, 0.1) is 6.92 Å². The van der Waals surface area contributed by atoms with Gasteiger partial charge in [0.25, 0.3) is 0 Å². The van der Waals surface area contributed by atoms with Gasteiger partial charge < -0.3 is 29.2 Å². The van der Waals surface area contributed by atoms with Gasteiger partial charge in [-0.2, -0.15) is 0 Å². The van der Waals surface area contributed by atoms with Gasteiger partial charge in [0.2, 0.25) is 0 Å². The highest BCUT2D eigenvalue weighted by molar-refractivity contribution is 5.43. The summed E-state index contributed by atoms with van der Waals surface area (Å²) in [5.74, 6) is 3.19. The molecule has 0 spiro atoms. The molecule has 1 fully saturated rings. The molecule has 1 aromatic carbocycles. The molecule has 0 aliphatic carbocycles. The van der Waals surface area contributed by atoms with Crippen LogP contribution in [0.3, 0.4) is 0 Å². The van der Waals surface area contributed by atoms with Crippen molar-refractivity contribution in [2.24, 2.45) is 0 Å². The molecule has 1 aromatic heterocycles. The van der Waals surface area contributed by atoms with Gasteiger partial charge in [-0.3, -0.25) is 0 Å². The van der Waals surface area contributed by atoms with Crippen LogP contribution in [0.25, 0.3) is 0 Å². The first-order chi connectivity index (χ1) is 14.6. The highest BCUT2D eigenvalue weighted by Crippen LogP contribution is 2.28. The number of rotatable bonds is 10. The molecular formula is C24H36N2O4. The third-order valence-electron chi connectivity index (χ3n) is 5.50. The van der Waals surface area contributed by atoms with E-state index >= 15 is 0 Å². The summed E-state index contributed by atoms with van der Waals surface area (Å²) in [5.41, 5.74) is 1.10. The molecule has 2 N–H and O–H groups in total. The highest BCUT2D eigenvalue weighted by atomic mass is 16.5. The van der Waals surface area contributed by atoms with E-state index < -0.39 is 6.10 Å². The fraction of sp³-hybridized carbons (Fsp3) is 0.583. The lowest BCUT2D eigenvalue weighted by Gasteiger charge is -2.26. The van der Waals surface area contributed by atoms with Crippen LogP contribution in [0.5, 0.6) is 11.5 Å². The number of hydrogen-bond acceptors (Lipinski definition) is 6. The molecule has 0 amide bonds. The van der Waals surface area contributed by atoms with E-state index in [4.69, 9.17) is 13.9 Å². The monoisotopic (exact) mass is 416 g/mol. The van der Waals surface area contributed by atoms with Crippen LogP contribution in [-0.4, -0.2) is 49.5 Å². The van der Waals surface area contributed by atoms with Crippen LogP contribution >= 0.6 is 0 Å². The molecule has 0 bridgehead atoms. The van der Waals surface area contributed by atoms with Crippen molar-refractivity contribution in [2.45, 2.75) is 58.2 Å². The normalized spacial score (nSPS) is 16.6. The minimum absolute atomic E-state index is 0.266. The maximum Gasteiger partial charge on any atom is 0.161 e. The number of nitrogens with zero attached hydrogens (tertiary/aromatic N) is 1. The van der Waals surface area contributed by atoms with Gasteiger partial charge in [0.1, 0.15) is 24.2 Å². The zero-order valence-corrected chi connectivity index (χ0v) is 18.4. The van der Waals surface area contributed by atoms with Crippen molar-refractivity contribution in [3.05, 3.63) is 47.4 Å². The Bertz CT molecular complexity index is 753. The second kappa shape index (κ2) is 12.0. The standard InChI is InChI=1S/C24H36N2O4/c1-19-8-10-22(30-19)16-25-15-20-9-11-23(24(14-20)28-2)29-18-21(27)17-26-12-6-4-3-5-7-13-26/h8-11,14,21,25,27H,3-7,12-13,15-18H2,1-2H3/t21-/m0/s1. The quantitative estimate of drug-likeness (QED) is 0.612. The first-order valence-corrected chi connectivity index (χ1v) is 11.1. The van der Waals surface area contributed by atoms with Gasteiger partial charge in [-0.1, -0.05) is 25.3 Å². The zero-order valence-electron chi connectivity index (χ0n) is 18.4. The van der Waals surface area contributed by atoms with Crippen molar-refractivity contribution in [2.75, 3.05) is 33.4 Å². The number of nitrogens with one attached hydrogen (secondary N) is 1. The average molecular weight is 417 g/mol. The molecule has 0 radical (unpaired) electrons. The molecular weight excluding hydrogens is 380 g/mol. The number of aliphatic hydroxyl groups is 1. The predicted octanol–water partition coefficient (Wildman–Crippen LogP) is 3.89. The van der Waals surface area contributed by atoms with Crippen molar-refractivity contribution < 1.29 is 19.0 Å². The lowest BCUT2D eigenvalue weighted by Crippen LogP contribution is -2.37. The van der Waals surface area contributed by atoms with Crippen molar-refractivity contribution in [1.82, 2.24) is 10.2 Å². The average Bonchev–Trinajstić information content (AvgIpc) is 3.13. The van der Waals surface area contributed by atoms with Gasteiger partial charge >= 0.3 is 0 Å². The number of ether oxygens (including phenoxy) is 2. The summed E-state index contributed by atoms with van der Waals surface area (Å²) in [6.07, 6.45) is 5.86. The molecule has 1 saturated heterocycles. The molecule has 1 aliphatic heterocycles. The van der Waals surface area contributed by atoms with Gasteiger partial charge in [0.15, 0.2) is 11.5 Å². The van der Waals surface area contributed by atoms with E-state index in [-0.39, 0.29) is 6.61 Å². The summed E-state index contributed by atoms with van der Waals surface area (Å²) in [7, 11) is 1.64. The van der Waals surface area contributed by atoms with E-state index in [0.717, 1.165) is 30.2 Å². The molecule has 2 heterocycles. The molecule has 30 heavy (non-hydrogen) atoms. The SMILES string of the molecule is COc1cc(CNCc2ccc(C)o2)ccc1OC[C@@H](O)CN1CCCCCCC1. The second-order valence-electron chi connectivity index (χ2n) is 8.13. The maximum absolute atomic E-state index is 10.4. The molecule has 0 saturated carbocycles. The third kappa shape index (κ3) is 7.35. The van der Waals surface area contributed by atoms with E-state index in [0.29, 0.717) is 31.1 Å². The lowest BCUT2D eigenvalue weighted by molar-refractivity contribution is 0.0645. The molecule has 1 aliphatic rings. The van der Waals surface area contributed by atoms with E-state index in [1.807, 2.05) is 37.3 Å². The fourth-order valence-corrected chi connectivity index (χ4v) is 3.88. The van der Waals surface area contributed by atoms with Crippen molar-refractivity contribution in [3.63, 3.8) is 0 Å². The number of hydrogen-bond donors (Lipinski definition) is 2. The molecule has 0 unspecified atom stereocenters. The number of benzene rings is 1. The Kier molecular flexibility index (Phi) is 9.05. The van der Waals surface area contributed by atoms with Crippen molar-refractivity contribution in [3.8, 4) is 11.5 Å². The second-order valence-corrected chi connectivity index (χ2v) is 8.13. The highest BCUT2D eigenvalue weighted by Gasteiger charge is 2.15. The van der Waals surface area contributed by atoms with Crippen molar-refractivity contribution >= 4 is 0 Å². The van der Waals surface area contributed by atoms with E-state index in [1.165, 1.54) is 32.1 Å². The van der Waals surface area contributed by atoms with Gasteiger partial charge in [-0.25, -0.2) is 0 Å². The number of methoxy groups -OCH3 is 1. The van der Waals surface area contributed by atoms with Crippen LogP contribution in [-0.2, 0) is 13.1 Å². The van der Waals surface area contributed by atoms with Crippen LogP contribution in [0.15, 0.2) is 34.7 Å². The van der Waals surface area contributed by atoms with Gasteiger partial charge in [-0.05, 0) is 62.7 Å². The van der Waals surface area contributed by atoms with Crippen LogP contribution in [0.2, 0.25) is 0 Å². The largest absolute Gasteiger partial charge is 0.493 e. The Morgan fingerprint density at radius 3 is 2.50 bits per heavy atom. The van der Waals surface area contributed by atoms with E-state index in [9.17, 15) is 5.11 Å².